The number of fused-ring (bicyclic) bond motifs is 1. The van der Waals surface area contributed by atoms with Crippen molar-refractivity contribution in [3.05, 3.63) is 29.4 Å². The van der Waals surface area contributed by atoms with Crippen LogP contribution in [0.4, 0.5) is 5.82 Å². The monoisotopic (exact) mass is 306 g/mol. The van der Waals surface area contributed by atoms with Crippen LogP contribution < -0.4 is 10.6 Å². The van der Waals surface area contributed by atoms with Crippen molar-refractivity contribution >= 4 is 33.3 Å². The van der Waals surface area contributed by atoms with E-state index in [2.05, 4.69) is 27.2 Å². The van der Waals surface area contributed by atoms with E-state index >= 15 is 0 Å². The predicted molar refractivity (Wildman–Crippen MR) is 84.9 cm³/mol. The summed E-state index contributed by atoms with van der Waals surface area (Å²) in [5.74, 6) is 0.495. The Morgan fingerprint density at radius 1 is 1.57 bits per heavy atom. The van der Waals surface area contributed by atoms with E-state index in [0.717, 1.165) is 15.8 Å². The molecule has 0 aliphatic carbocycles. The van der Waals surface area contributed by atoms with Crippen molar-refractivity contribution in [2.75, 3.05) is 18.4 Å². The molecule has 2 aromatic rings. The fourth-order valence-corrected chi connectivity index (χ4v) is 2.98. The van der Waals surface area contributed by atoms with Crippen molar-refractivity contribution in [3.8, 4) is 0 Å². The molecule has 0 spiro atoms. The van der Waals surface area contributed by atoms with Crippen molar-refractivity contribution in [3.63, 3.8) is 0 Å². The highest BCUT2D eigenvalue weighted by molar-refractivity contribution is 7.20. The third-order valence-corrected chi connectivity index (χ3v) is 4.10. The first-order chi connectivity index (χ1) is 10.0. The van der Waals surface area contributed by atoms with Crippen LogP contribution in [0.15, 0.2) is 19.0 Å². The summed E-state index contributed by atoms with van der Waals surface area (Å²) in [4.78, 5) is 22.0. The van der Waals surface area contributed by atoms with E-state index in [1.54, 1.807) is 13.0 Å². The summed E-state index contributed by atoms with van der Waals surface area (Å²) >= 11 is 1.32. The Labute approximate surface area is 126 Å². The van der Waals surface area contributed by atoms with Crippen molar-refractivity contribution in [1.29, 1.82) is 0 Å². The quantitative estimate of drug-likeness (QED) is 0.707. The smallest absolute Gasteiger partial charge is 0.261 e. The molecule has 21 heavy (non-hydrogen) atoms. The van der Waals surface area contributed by atoms with Crippen molar-refractivity contribution < 1.29 is 9.90 Å². The standard InChI is InChI=1S/C14H18N4O2S/c1-4-5-15-12-10-9(3)11(13(20)16-6-8(2)19)21-14(10)18-7-17-12/h4,7-8,19H,1,5-6H2,2-3H3,(H,16,20)(H,15,17,18)/t8-/m0/s1. The van der Waals surface area contributed by atoms with Crippen LogP contribution in [0, 0.1) is 6.92 Å². The van der Waals surface area contributed by atoms with Crippen LogP contribution >= 0.6 is 11.3 Å². The molecular formula is C14H18N4O2S. The van der Waals surface area contributed by atoms with E-state index in [4.69, 9.17) is 0 Å². The first-order valence-corrected chi connectivity index (χ1v) is 7.41. The van der Waals surface area contributed by atoms with Crippen LogP contribution in [-0.2, 0) is 0 Å². The molecule has 0 fully saturated rings. The molecule has 112 valence electrons. The zero-order chi connectivity index (χ0) is 15.4. The lowest BCUT2D eigenvalue weighted by Crippen LogP contribution is -2.30. The molecule has 0 unspecified atom stereocenters. The molecule has 0 bridgehead atoms. The number of hydrogen-bond donors (Lipinski definition) is 3. The van der Waals surface area contributed by atoms with E-state index < -0.39 is 6.10 Å². The molecule has 0 aromatic carbocycles. The average Bonchev–Trinajstić information content (AvgIpc) is 2.80. The minimum Gasteiger partial charge on any atom is -0.392 e. The van der Waals surface area contributed by atoms with Gasteiger partial charge >= 0.3 is 0 Å². The van der Waals surface area contributed by atoms with Crippen LogP contribution in [0.3, 0.4) is 0 Å². The fraction of sp³-hybridized carbons (Fsp3) is 0.357. The van der Waals surface area contributed by atoms with Gasteiger partial charge in [0.05, 0.1) is 16.4 Å². The fourth-order valence-electron chi connectivity index (χ4n) is 1.91. The van der Waals surface area contributed by atoms with Crippen LogP contribution in [0.2, 0.25) is 0 Å². The Balaban J connectivity index is 2.36. The number of carbonyl (C=O) groups excluding carboxylic acids is 1. The Kier molecular flexibility index (Phi) is 4.87. The topological polar surface area (TPSA) is 87.1 Å². The molecule has 0 radical (unpaired) electrons. The molecule has 0 aliphatic rings. The molecule has 2 heterocycles. The summed E-state index contributed by atoms with van der Waals surface area (Å²) in [5, 5.41) is 15.9. The number of carbonyl (C=O) groups is 1. The minimum atomic E-state index is -0.576. The minimum absolute atomic E-state index is 0.203. The number of aromatic nitrogens is 2. The lowest BCUT2D eigenvalue weighted by molar-refractivity contribution is 0.0927. The molecule has 1 atom stereocenters. The Morgan fingerprint density at radius 3 is 3.00 bits per heavy atom. The molecule has 2 rings (SSSR count). The maximum Gasteiger partial charge on any atom is 0.261 e. The highest BCUT2D eigenvalue weighted by Crippen LogP contribution is 2.33. The number of aliphatic hydroxyl groups excluding tert-OH is 1. The van der Waals surface area contributed by atoms with Gasteiger partial charge in [0.1, 0.15) is 17.0 Å². The molecule has 6 nitrogen and oxygen atoms in total. The largest absolute Gasteiger partial charge is 0.392 e. The third-order valence-electron chi connectivity index (χ3n) is 2.90. The summed E-state index contributed by atoms with van der Waals surface area (Å²) in [6.07, 6.45) is 2.64. The zero-order valence-electron chi connectivity index (χ0n) is 12.0. The number of anilines is 1. The van der Waals surface area contributed by atoms with E-state index in [9.17, 15) is 9.90 Å². The number of aliphatic hydroxyl groups is 1. The van der Waals surface area contributed by atoms with Crippen molar-refractivity contribution in [1.82, 2.24) is 15.3 Å². The Hall–Kier alpha value is -1.99. The Morgan fingerprint density at radius 2 is 2.33 bits per heavy atom. The van der Waals surface area contributed by atoms with Gasteiger partial charge in [0.15, 0.2) is 0 Å². The van der Waals surface area contributed by atoms with Gasteiger partial charge in [-0.3, -0.25) is 4.79 Å². The van der Waals surface area contributed by atoms with E-state index in [0.29, 0.717) is 17.2 Å². The second-order valence-electron chi connectivity index (χ2n) is 4.69. The summed E-state index contributed by atoms with van der Waals surface area (Å²) in [7, 11) is 0. The normalized spacial score (nSPS) is 12.1. The van der Waals surface area contributed by atoms with E-state index in [1.165, 1.54) is 17.7 Å². The molecule has 7 heteroatoms. The van der Waals surface area contributed by atoms with Gasteiger partial charge in [-0.2, -0.15) is 0 Å². The van der Waals surface area contributed by atoms with Gasteiger partial charge < -0.3 is 15.7 Å². The van der Waals surface area contributed by atoms with Crippen LogP contribution in [-0.4, -0.2) is 40.2 Å². The Bertz CT molecular complexity index is 666. The van der Waals surface area contributed by atoms with Gasteiger partial charge in [0.25, 0.3) is 5.91 Å². The number of nitrogens with one attached hydrogen (secondary N) is 2. The van der Waals surface area contributed by atoms with E-state index in [-0.39, 0.29) is 12.5 Å². The highest BCUT2D eigenvalue weighted by atomic mass is 32.1. The number of nitrogens with zero attached hydrogens (tertiary/aromatic N) is 2. The number of aryl methyl sites for hydroxylation is 1. The summed E-state index contributed by atoms with van der Waals surface area (Å²) < 4.78 is 0. The highest BCUT2D eigenvalue weighted by Gasteiger charge is 2.19. The first kappa shape index (κ1) is 15.4. The lowest BCUT2D eigenvalue weighted by Gasteiger charge is -2.06. The lowest BCUT2D eigenvalue weighted by atomic mass is 10.2. The molecule has 0 aliphatic heterocycles. The molecular weight excluding hydrogens is 288 g/mol. The molecule has 0 saturated heterocycles. The molecule has 2 aromatic heterocycles. The maximum absolute atomic E-state index is 12.2. The molecule has 0 saturated carbocycles. The van der Waals surface area contributed by atoms with Crippen molar-refractivity contribution in [2.45, 2.75) is 20.0 Å². The first-order valence-electron chi connectivity index (χ1n) is 6.59. The second kappa shape index (κ2) is 6.64. The average molecular weight is 306 g/mol. The van der Waals surface area contributed by atoms with Crippen molar-refractivity contribution in [2.24, 2.45) is 0 Å². The van der Waals surface area contributed by atoms with Gasteiger partial charge in [0.2, 0.25) is 0 Å². The second-order valence-corrected chi connectivity index (χ2v) is 5.69. The van der Waals surface area contributed by atoms with Crippen LogP contribution in [0.5, 0.6) is 0 Å². The van der Waals surface area contributed by atoms with Crippen LogP contribution in [0.1, 0.15) is 22.2 Å². The predicted octanol–water partition coefficient (Wildman–Crippen LogP) is 1.71. The summed E-state index contributed by atoms with van der Waals surface area (Å²) in [6, 6.07) is 0. The van der Waals surface area contributed by atoms with Crippen LogP contribution in [0.25, 0.3) is 10.2 Å². The summed E-state index contributed by atoms with van der Waals surface area (Å²) in [5.41, 5.74) is 0.838. The maximum atomic E-state index is 12.2. The molecule has 3 N–H and O–H groups in total. The zero-order valence-corrected chi connectivity index (χ0v) is 12.8. The van der Waals surface area contributed by atoms with Gasteiger partial charge in [0, 0.05) is 13.1 Å². The van der Waals surface area contributed by atoms with Gasteiger partial charge in [-0.05, 0) is 19.4 Å². The van der Waals surface area contributed by atoms with Gasteiger partial charge in [-0.25, -0.2) is 9.97 Å². The molecule has 1 amide bonds. The van der Waals surface area contributed by atoms with E-state index in [1.807, 2.05) is 6.92 Å². The number of hydrogen-bond acceptors (Lipinski definition) is 6. The SMILES string of the molecule is C=CCNc1ncnc2sc(C(=O)NC[C@H](C)O)c(C)c12. The number of amides is 1. The van der Waals surface area contributed by atoms with Gasteiger partial charge in [-0.1, -0.05) is 6.08 Å². The number of thiophene rings is 1. The summed E-state index contributed by atoms with van der Waals surface area (Å²) in [6.45, 7) is 7.97. The van der Waals surface area contributed by atoms with Gasteiger partial charge in [-0.15, -0.1) is 17.9 Å². The number of rotatable bonds is 6. The third kappa shape index (κ3) is 3.37.